The van der Waals surface area contributed by atoms with E-state index >= 15 is 0 Å². The number of nitrogens with one attached hydrogen (secondary N) is 1. The van der Waals surface area contributed by atoms with Gasteiger partial charge in [0.05, 0.1) is 11.6 Å². The second-order valence-corrected chi connectivity index (χ2v) is 6.73. The van der Waals surface area contributed by atoms with Crippen molar-refractivity contribution in [1.82, 2.24) is 5.32 Å². The van der Waals surface area contributed by atoms with Gasteiger partial charge < -0.3 is 10.1 Å². The van der Waals surface area contributed by atoms with Gasteiger partial charge in [-0.2, -0.15) is 11.8 Å². The van der Waals surface area contributed by atoms with E-state index in [1.54, 1.807) is 7.11 Å². The second-order valence-electron chi connectivity index (χ2n) is 4.66. The Hall–Kier alpha value is -0.190. The predicted octanol–water partition coefficient (Wildman–Crippen LogP) is 3.69. The van der Waals surface area contributed by atoms with Crippen molar-refractivity contribution in [2.45, 2.75) is 19.4 Å². The van der Waals surface area contributed by atoms with Crippen LogP contribution in [0, 0.1) is 5.92 Å². The molecule has 0 saturated carbocycles. The van der Waals surface area contributed by atoms with Gasteiger partial charge in [0.2, 0.25) is 0 Å². The van der Waals surface area contributed by atoms with Gasteiger partial charge in [0.15, 0.2) is 0 Å². The standard InChI is InChI=1S/C14H20BrNOS/c1-17-14-3-2-12(8-13(14)15)10-16-9-11-4-6-18-7-5-11/h2-3,8,11,16H,4-7,9-10H2,1H3. The lowest BCUT2D eigenvalue weighted by atomic mass is 10.0. The second kappa shape index (κ2) is 7.41. The summed E-state index contributed by atoms with van der Waals surface area (Å²) in [5.41, 5.74) is 1.30. The van der Waals surface area contributed by atoms with Crippen LogP contribution in [0.2, 0.25) is 0 Å². The summed E-state index contributed by atoms with van der Waals surface area (Å²) < 4.78 is 6.26. The Labute approximate surface area is 122 Å². The molecule has 0 amide bonds. The predicted molar refractivity (Wildman–Crippen MR) is 82.4 cm³/mol. The number of hydrogen-bond acceptors (Lipinski definition) is 3. The van der Waals surface area contributed by atoms with E-state index in [1.165, 1.54) is 29.9 Å². The number of ether oxygens (including phenoxy) is 1. The van der Waals surface area contributed by atoms with Gasteiger partial charge in [0.1, 0.15) is 5.75 Å². The first-order valence-electron chi connectivity index (χ1n) is 6.40. The van der Waals surface area contributed by atoms with E-state index in [0.29, 0.717) is 0 Å². The third kappa shape index (κ3) is 4.18. The first kappa shape index (κ1) is 14.2. The van der Waals surface area contributed by atoms with Crippen LogP contribution in [0.15, 0.2) is 22.7 Å². The van der Waals surface area contributed by atoms with Crippen molar-refractivity contribution >= 4 is 27.7 Å². The molecule has 18 heavy (non-hydrogen) atoms. The summed E-state index contributed by atoms with van der Waals surface area (Å²) in [6, 6.07) is 6.26. The summed E-state index contributed by atoms with van der Waals surface area (Å²) in [6.45, 7) is 2.08. The van der Waals surface area contributed by atoms with Crippen molar-refractivity contribution in [2.24, 2.45) is 5.92 Å². The van der Waals surface area contributed by atoms with Crippen LogP contribution in [0.4, 0.5) is 0 Å². The van der Waals surface area contributed by atoms with Gasteiger partial charge in [0, 0.05) is 6.54 Å². The zero-order valence-electron chi connectivity index (χ0n) is 10.7. The van der Waals surface area contributed by atoms with Gasteiger partial charge in [-0.3, -0.25) is 0 Å². The van der Waals surface area contributed by atoms with E-state index in [0.717, 1.165) is 29.2 Å². The van der Waals surface area contributed by atoms with E-state index in [2.05, 4.69) is 45.1 Å². The van der Waals surface area contributed by atoms with Crippen LogP contribution in [0.1, 0.15) is 18.4 Å². The zero-order chi connectivity index (χ0) is 12.8. The average molecular weight is 330 g/mol. The summed E-state index contributed by atoms with van der Waals surface area (Å²) in [4.78, 5) is 0. The topological polar surface area (TPSA) is 21.3 Å². The molecule has 1 N–H and O–H groups in total. The first-order chi connectivity index (χ1) is 8.79. The number of rotatable bonds is 5. The Balaban J connectivity index is 1.77. The molecule has 1 aliphatic heterocycles. The minimum absolute atomic E-state index is 0.868. The molecular weight excluding hydrogens is 310 g/mol. The lowest BCUT2D eigenvalue weighted by Crippen LogP contribution is -2.25. The molecule has 0 unspecified atom stereocenters. The molecule has 0 aromatic heterocycles. The molecule has 1 aliphatic rings. The molecule has 0 spiro atoms. The molecule has 2 rings (SSSR count). The third-order valence-electron chi connectivity index (χ3n) is 3.32. The lowest BCUT2D eigenvalue weighted by molar-refractivity contribution is 0.411. The highest BCUT2D eigenvalue weighted by atomic mass is 79.9. The van der Waals surface area contributed by atoms with E-state index in [1.807, 2.05) is 6.07 Å². The van der Waals surface area contributed by atoms with Crippen LogP contribution in [-0.2, 0) is 6.54 Å². The molecule has 2 nitrogen and oxygen atoms in total. The summed E-state index contributed by atoms with van der Waals surface area (Å²) in [7, 11) is 1.69. The van der Waals surface area contributed by atoms with Gasteiger partial charge in [-0.1, -0.05) is 6.07 Å². The van der Waals surface area contributed by atoms with Crippen molar-refractivity contribution in [1.29, 1.82) is 0 Å². The fourth-order valence-corrected chi connectivity index (χ4v) is 3.98. The Morgan fingerprint density at radius 3 is 2.83 bits per heavy atom. The SMILES string of the molecule is COc1ccc(CNCC2CCSCC2)cc1Br. The molecule has 1 heterocycles. The minimum Gasteiger partial charge on any atom is -0.496 e. The molecule has 1 fully saturated rings. The van der Waals surface area contributed by atoms with Gasteiger partial charge in [0.25, 0.3) is 0 Å². The Kier molecular flexibility index (Phi) is 5.86. The van der Waals surface area contributed by atoms with Crippen molar-refractivity contribution < 1.29 is 4.74 Å². The van der Waals surface area contributed by atoms with E-state index in [4.69, 9.17) is 4.74 Å². The molecule has 4 heteroatoms. The molecule has 1 saturated heterocycles. The maximum atomic E-state index is 5.23. The summed E-state index contributed by atoms with van der Waals surface area (Å²) >= 11 is 5.61. The quantitative estimate of drug-likeness (QED) is 0.890. The van der Waals surface area contributed by atoms with Crippen LogP contribution in [-0.4, -0.2) is 25.2 Å². The maximum absolute atomic E-state index is 5.23. The number of hydrogen-bond donors (Lipinski definition) is 1. The minimum atomic E-state index is 0.868. The fraction of sp³-hybridized carbons (Fsp3) is 0.571. The molecule has 0 bridgehead atoms. The smallest absolute Gasteiger partial charge is 0.133 e. The monoisotopic (exact) mass is 329 g/mol. The fourth-order valence-electron chi connectivity index (χ4n) is 2.19. The summed E-state index contributed by atoms with van der Waals surface area (Å²) in [5, 5.41) is 3.57. The number of halogens is 1. The summed E-state index contributed by atoms with van der Waals surface area (Å²) in [6.07, 6.45) is 2.73. The lowest BCUT2D eigenvalue weighted by Gasteiger charge is -2.21. The van der Waals surface area contributed by atoms with Gasteiger partial charge in [-0.25, -0.2) is 0 Å². The van der Waals surface area contributed by atoms with Crippen LogP contribution in [0.25, 0.3) is 0 Å². The number of benzene rings is 1. The highest BCUT2D eigenvalue weighted by molar-refractivity contribution is 9.10. The van der Waals surface area contributed by atoms with Gasteiger partial charge in [-0.05, 0) is 70.4 Å². The largest absolute Gasteiger partial charge is 0.496 e. The van der Waals surface area contributed by atoms with Crippen molar-refractivity contribution in [3.05, 3.63) is 28.2 Å². The Bertz CT molecular complexity index is 380. The van der Waals surface area contributed by atoms with Crippen LogP contribution in [0.5, 0.6) is 5.75 Å². The number of methoxy groups -OCH3 is 1. The summed E-state index contributed by atoms with van der Waals surface area (Å²) in [5.74, 6) is 4.43. The highest BCUT2D eigenvalue weighted by Gasteiger charge is 2.12. The van der Waals surface area contributed by atoms with E-state index < -0.39 is 0 Å². The number of thioether (sulfide) groups is 1. The molecule has 1 aromatic carbocycles. The van der Waals surface area contributed by atoms with E-state index in [-0.39, 0.29) is 0 Å². The van der Waals surface area contributed by atoms with Gasteiger partial charge >= 0.3 is 0 Å². The molecule has 0 radical (unpaired) electrons. The molecular formula is C14H20BrNOS. The molecule has 0 aliphatic carbocycles. The van der Waals surface area contributed by atoms with Crippen LogP contribution >= 0.6 is 27.7 Å². The van der Waals surface area contributed by atoms with Crippen LogP contribution in [0.3, 0.4) is 0 Å². The van der Waals surface area contributed by atoms with Crippen LogP contribution < -0.4 is 10.1 Å². The zero-order valence-corrected chi connectivity index (χ0v) is 13.1. The van der Waals surface area contributed by atoms with Crippen molar-refractivity contribution in [2.75, 3.05) is 25.2 Å². The Morgan fingerprint density at radius 1 is 1.39 bits per heavy atom. The maximum Gasteiger partial charge on any atom is 0.133 e. The Morgan fingerprint density at radius 2 is 2.17 bits per heavy atom. The molecule has 1 aromatic rings. The van der Waals surface area contributed by atoms with Crippen molar-refractivity contribution in [3.63, 3.8) is 0 Å². The average Bonchev–Trinajstić information content (AvgIpc) is 2.40. The first-order valence-corrected chi connectivity index (χ1v) is 8.35. The van der Waals surface area contributed by atoms with Crippen molar-refractivity contribution in [3.8, 4) is 5.75 Å². The molecule has 100 valence electrons. The normalized spacial score (nSPS) is 16.8. The third-order valence-corrected chi connectivity index (χ3v) is 4.99. The van der Waals surface area contributed by atoms with E-state index in [9.17, 15) is 0 Å². The van der Waals surface area contributed by atoms with Gasteiger partial charge in [-0.15, -0.1) is 0 Å². The highest BCUT2D eigenvalue weighted by Crippen LogP contribution is 2.25. The molecule has 0 atom stereocenters.